The largest absolute Gasteiger partial charge is 0.497 e. The number of thioether (sulfide) groups is 1. The maximum Gasteiger partial charge on any atom is 0.249 e. The Labute approximate surface area is 264 Å². The summed E-state index contributed by atoms with van der Waals surface area (Å²) in [6.07, 6.45) is 2.47. The van der Waals surface area contributed by atoms with E-state index in [1.165, 1.54) is 11.8 Å². The van der Waals surface area contributed by atoms with Gasteiger partial charge in [0.25, 0.3) is 0 Å². The van der Waals surface area contributed by atoms with Gasteiger partial charge in [0.1, 0.15) is 5.75 Å². The average Bonchev–Trinajstić information content (AvgIpc) is 3.06. The molecule has 0 aliphatic carbocycles. The van der Waals surface area contributed by atoms with Gasteiger partial charge in [0.05, 0.1) is 37.4 Å². The number of halogens is 3. The van der Waals surface area contributed by atoms with Crippen LogP contribution in [0.4, 0.5) is 13.2 Å². The third kappa shape index (κ3) is 7.90. The van der Waals surface area contributed by atoms with Gasteiger partial charge in [-0.25, -0.2) is 18.7 Å². The van der Waals surface area contributed by atoms with E-state index in [2.05, 4.69) is 14.8 Å². The second kappa shape index (κ2) is 15.1. The number of rotatable bonds is 12. The lowest BCUT2D eigenvalue weighted by Crippen LogP contribution is -2.48. The Hall–Kier alpha value is -2.94. The minimum Gasteiger partial charge on any atom is -0.497 e. The number of piperidine rings is 1. The van der Waals surface area contributed by atoms with Crippen molar-refractivity contribution in [3.63, 3.8) is 0 Å². The highest BCUT2D eigenvalue weighted by atomic mass is 32.2. The zero-order valence-electron chi connectivity index (χ0n) is 25.2. The number of carbonyl (C=O) groups excluding carboxylic acids is 1. The Kier molecular flexibility index (Phi) is 11.2. The van der Waals surface area contributed by atoms with Gasteiger partial charge in [-0.2, -0.15) is 0 Å². The minimum atomic E-state index is -1.48. The molecule has 3 N–H and O–H groups in total. The smallest absolute Gasteiger partial charge is 0.249 e. The standard InChI is InChI=1S/C32H39F3N4O5S/c1-43-22-2-3-27-24(16-22)29(21(19-36-27)20-39-10-13-44-14-11-39)28(40)4-5-32(31(41)37-42)6-8-38(9-7-32)12-15-45-23-17-25(33)30(35)26(34)18-23/h2-3,16-19,28,40,42H,4-15,20H2,1H3,(H,37,41)/t28-/m1/s1. The summed E-state index contributed by atoms with van der Waals surface area (Å²) < 4.78 is 51.4. The van der Waals surface area contributed by atoms with Gasteiger partial charge in [-0.1, -0.05) is 0 Å². The Bertz CT molecular complexity index is 1460. The van der Waals surface area contributed by atoms with Crippen LogP contribution >= 0.6 is 11.8 Å². The lowest BCUT2D eigenvalue weighted by molar-refractivity contribution is -0.143. The van der Waals surface area contributed by atoms with Crippen LogP contribution in [0.3, 0.4) is 0 Å². The molecule has 1 aromatic heterocycles. The maximum atomic E-state index is 13.6. The fraction of sp³-hybridized carbons (Fsp3) is 0.500. The minimum absolute atomic E-state index is 0.289. The fourth-order valence-corrected chi connectivity index (χ4v) is 7.22. The van der Waals surface area contributed by atoms with E-state index in [0.29, 0.717) is 75.1 Å². The summed E-state index contributed by atoms with van der Waals surface area (Å²) in [7, 11) is 1.59. The molecular weight excluding hydrogens is 609 g/mol. The Balaban J connectivity index is 1.27. The van der Waals surface area contributed by atoms with E-state index in [1.807, 2.05) is 29.9 Å². The third-order valence-corrected chi connectivity index (χ3v) is 9.91. The van der Waals surface area contributed by atoms with Gasteiger partial charge in [-0.3, -0.25) is 19.9 Å². The molecule has 13 heteroatoms. The van der Waals surface area contributed by atoms with Gasteiger partial charge in [-0.15, -0.1) is 11.8 Å². The van der Waals surface area contributed by atoms with Gasteiger partial charge in [0, 0.05) is 48.4 Å². The molecule has 3 heterocycles. The highest BCUT2D eigenvalue weighted by Crippen LogP contribution is 2.41. The first-order valence-corrected chi connectivity index (χ1v) is 16.1. The number of pyridine rings is 1. The van der Waals surface area contributed by atoms with Crippen LogP contribution in [0.25, 0.3) is 10.9 Å². The molecule has 0 bridgehead atoms. The summed E-state index contributed by atoms with van der Waals surface area (Å²) in [5, 5.41) is 22.2. The van der Waals surface area contributed by atoms with Crippen LogP contribution in [0.5, 0.6) is 5.75 Å². The number of amides is 1. The topological polar surface area (TPSA) is 107 Å². The molecule has 0 radical (unpaired) electrons. The summed E-state index contributed by atoms with van der Waals surface area (Å²) >= 11 is 1.23. The number of aliphatic hydroxyl groups is 1. The van der Waals surface area contributed by atoms with Gasteiger partial charge in [0.15, 0.2) is 17.5 Å². The van der Waals surface area contributed by atoms with Gasteiger partial charge < -0.3 is 19.5 Å². The second-order valence-electron chi connectivity index (χ2n) is 11.6. The van der Waals surface area contributed by atoms with Crippen molar-refractivity contribution >= 4 is 28.6 Å². The molecule has 1 atom stereocenters. The molecule has 1 amide bonds. The van der Waals surface area contributed by atoms with Crippen molar-refractivity contribution in [2.24, 2.45) is 5.41 Å². The van der Waals surface area contributed by atoms with Crippen LogP contribution in [0.15, 0.2) is 41.4 Å². The lowest BCUT2D eigenvalue weighted by atomic mass is 9.73. The second-order valence-corrected chi connectivity index (χ2v) is 12.8. The van der Waals surface area contributed by atoms with E-state index in [-0.39, 0.29) is 6.42 Å². The predicted octanol–water partition coefficient (Wildman–Crippen LogP) is 4.69. The molecule has 2 saturated heterocycles. The fourth-order valence-electron chi connectivity index (χ4n) is 6.26. The van der Waals surface area contributed by atoms with E-state index in [1.54, 1.807) is 7.11 Å². The molecule has 45 heavy (non-hydrogen) atoms. The summed E-state index contributed by atoms with van der Waals surface area (Å²) in [5.41, 5.74) is 3.36. The van der Waals surface area contributed by atoms with E-state index < -0.39 is 34.9 Å². The number of aliphatic hydroxyl groups excluding tert-OH is 1. The molecule has 9 nitrogen and oxygen atoms in total. The number of morpholine rings is 1. The lowest BCUT2D eigenvalue weighted by Gasteiger charge is -2.40. The van der Waals surface area contributed by atoms with Crippen molar-refractivity contribution in [3.05, 3.63) is 65.1 Å². The van der Waals surface area contributed by atoms with Crippen LogP contribution in [0.1, 0.15) is 42.9 Å². The summed E-state index contributed by atoms with van der Waals surface area (Å²) in [6.45, 7) is 5.16. The van der Waals surface area contributed by atoms with Crippen molar-refractivity contribution in [1.29, 1.82) is 0 Å². The highest BCUT2D eigenvalue weighted by molar-refractivity contribution is 7.99. The predicted molar refractivity (Wildman–Crippen MR) is 164 cm³/mol. The maximum absolute atomic E-state index is 13.6. The van der Waals surface area contributed by atoms with Crippen LogP contribution in [-0.4, -0.2) is 89.8 Å². The monoisotopic (exact) mass is 648 g/mol. The number of benzene rings is 2. The van der Waals surface area contributed by atoms with Crippen molar-refractivity contribution in [2.45, 2.75) is 43.2 Å². The number of hydrogen-bond acceptors (Lipinski definition) is 9. The van der Waals surface area contributed by atoms with Crippen molar-refractivity contribution < 1.29 is 37.8 Å². The van der Waals surface area contributed by atoms with Gasteiger partial charge in [-0.05, 0) is 80.2 Å². The molecular formula is C32H39F3N4O5S. The Morgan fingerprint density at radius 3 is 2.49 bits per heavy atom. The Morgan fingerprint density at radius 1 is 1.11 bits per heavy atom. The first kappa shape index (κ1) is 33.4. The van der Waals surface area contributed by atoms with Gasteiger partial charge >= 0.3 is 0 Å². The molecule has 2 fully saturated rings. The first-order valence-electron chi connectivity index (χ1n) is 15.1. The van der Waals surface area contributed by atoms with Crippen LogP contribution < -0.4 is 10.2 Å². The quantitative estimate of drug-likeness (QED) is 0.112. The van der Waals surface area contributed by atoms with E-state index in [0.717, 1.165) is 47.3 Å². The first-order chi connectivity index (χ1) is 21.7. The molecule has 2 aromatic carbocycles. The summed E-state index contributed by atoms with van der Waals surface area (Å²) in [6, 6.07) is 7.54. The summed E-state index contributed by atoms with van der Waals surface area (Å²) in [4.78, 5) is 22.4. The number of ether oxygens (including phenoxy) is 2. The number of hydrogen-bond donors (Lipinski definition) is 3. The normalized spacial score (nSPS) is 18.2. The van der Waals surface area contributed by atoms with Gasteiger partial charge in [0.2, 0.25) is 5.91 Å². The van der Waals surface area contributed by atoms with Crippen LogP contribution in [0.2, 0.25) is 0 Å². The molecule has 2 aliphatic heterocycles. The highest BCUT2D eigenvalue weighted by Gasteiger charge is 2.41. The average molecular weight is 649 g/mol. The number of hydroxylamine groups is 1. The number of nitrogens with zero attached hydrogens (tertiary/aromatic N) is 3. The van der Waals surface area contributed by atoms with E-state index in [4.69, 9.17) is 9.47 Å². The molecule has 0 spiro atoms. The molecule has 0 saturated carbocycles. The van der Waals surface area contributed by atoms with E-state index in [9.17, 15) is 28.3 Å². The number of methoxy groups -OCH3 is 1. The van der Waals surface area contributed by atoms with Crippen LogP contribution in [-0.2, 0) is 16.1 Å². The SMILES string of the molecule is COc1ccc2ncc(CN3CCOCC3)c([C@H](O)CCC3(C(=O)NO)CCN(CCSc4cc(F)c(F)c(F)c4)CC3)c2c1. The zero-order valence-corrected chi connectivity index (χ0v) is 26.1. The van der Waals surface area contributed by atoms with Crippen molar-refractivity contribution in [2.75, 3.05) is 58.8 Å². The number of aromatic nitrogens is 1. The molecule has 244 valence electrons. The number of fused-ring (bicyclic) bond motifs is 1. The number of likely N-dealkylation sites (tertiary alicyclic amines) is 1. The van der Waals surface area contributed by atoms with Crippen molar-refractivity contribution in [1.82, 2.24) is 20.3 Å². The number of carbonyl (C=O) groups is 1. The number of nitrogens with one attached hydrogen (secondary N) is 1. The summed E-state index contributed by atoms with van der Waals surface area (Å²) in [5.74, 6) is -3.22. The molecule has 5 rings (SSSR count). The zero-order chi connectivity index (χ0) is 32.0. The van der Waals surface area contributed by atoms with E-state index >= 15 is 0 Å². The molecule has 0 unspecified atom stereocenters. The Morgan fingerprint density at radius 2 is 1.82 bits per heavy atom. The molecule has 2 aliphatic rings. The molecule has 3 aromatic rings. The van der Waals surface area contributed by atoms with Crippen LogP contribution in [0, 0.1) is 22.9 Å². The van der Waals surface area contributed by atoms with Crippen molar-refractivity contribution in [3.8, 4) is 5.75 Å². The third-order valence-electron chi connectivity index (χ3n) is 8.96.